The summed E-state index contributed by atoms with van der Waals surface area (Å²) in [5.74, 6) is 0.329. The first-order chi connectivity index (χ1) is 11.4. The number of hydrogen-bond acceptors (Lipinski definition) is 4. The first-order valence-electron chi connectivity index (χ1n) is 9.73. The average molecular weight is 343 g/mol. The normalized spacial score (nSPS) is 11.3. The minimum Gasteiger partial charge on any atom is -0.466 e. The molecule has 0 rings (SSSR count). The molecule has 0 fully saturated rings. The van der Waals surface area contributed by atoms with Crippen molar-refractivity contribution in [2.75, 3.05) is 6.61 Å². The summed E-state index contributed by atoms with van der Waals surface area (Å²) in [4.78, 5) is 23.5. The number of ether oxygens (including phenoxy) is 2. The third-order valence-corrected chi connectivity index (χ3v) is 4.10. The number of hydrogen-bond donors (Lipinski definition) is 0. The molecule has 0 aromatic rings. The highest BCUT2D eigenvalue weighted by molar-refractivity contribution is 5.70. The Morgan fingerprint density at radius 1 is 0.750 bits per heavy atom. The fourth-order valence-electron chi connectivity index (χ4n) is 2.76. The van der Waals surface area contributed by atoms with E-state index in [-0.39, 0.29) is 18.0 Å². The molecule has 0 N–H and O–H groups in total. The summed E-state index contributed by atoms with van der Waals surface area (Å²) in [7, 11) is 0. The molecule has 4 heteroatoms. The van der Waals surface area contributed by atoms with Crippen LogP contribution in [0.4, 0.5) is 0 Å². The molecule has 0 heterocycles. The fourth-order valence-corrected chi connectivity index (χ4v) is 2.76. The van der Waals surface area contributed by atoms with Crippen LogP contribution < -0.4 is 0 Å². The van der Waals surface area contributed by atoms with Gasteiger partial charge < -0.3 is 9.47 Å². The van der Waals surface area contributed by atoms with Crippen LogP contribution in [0.15, 0.2) is 0 Å². The maximum absolute atomic E-state index is 11.9. The van der Waals surface area contributed by atoms with Crippen LogP contribution in [0.25, 0.3) is 0 Å². The van der Waals surface area contributed by atoms with Crippen LogP contribution >= 0.6 is 0 Å². The summed E-state index contributed by atoms with van der Waals surface area (Å²) in [6, 6.07) is 0. The van der Waals surface area contributed by atoms with Crippen LogP contribution in [-0.4, -0.2) is 24.6 Å². The van der Waals surface area contributed by atoms with Crippen molar-refractivity contribution in [1.82, 2.24) is 0 Å². The van der Waals surface area contributed by atoms with E-state index in [1.54, 1.807) is 0 Å². The van der Waals surface area contributed by atoms with E-state index in [2.05, 4.69) is 34.6 Å². The highest BCUT2D eigenvalue weighted by Crippen LogP contribution is 2.17. The van der Waals surface area contributed by atoms with Gasteiger partial charge in [-0.15, -0.1) is 0 Å². The Kier molecular flexibility index (Phi) is 13.7. The maximum Gasteiger partial charge on any atom is 0.306 e. The van der Waals surface area contributed by atoms with Gasteiger partial charge in [0, 0.05) is 12.8 Å². The third kappa shape index (κ3) is 12.4. The summed E-state index contributed by atoms with van der Waals surface area (Å²) in [6.07, 6.45) is 7.84. The van der Waals surface area contributed by atoms with Crippen LogP contribution in [0.5, 0.6) is 0 Å². The average Bonchev–Trinajstić information content (AvgIpc) is 2.52. The summed E-state index contributed by atoms with van der Waals surface area (Å²) >= 11 is 0. The molecule has 0 radical (unpaired) electrons. The number of carbonyl (C=O) groups excluding carboxylic acids is 2. The van der Waals surface area contributed by atoms with Crippen LogP contribution in [0.1, 0.15) is 92.4 Å². The number of carbonyl (C=O) groups is 2. The van der Waals surface area contributed by atoms with Crippen molar-refractivity contribution in [3.8, 4) is 0 Å². The van der Waals surface area contributed by atoms with Gasteiger partial charge in [0.25, 0.3) is 0 Å². The molecule has 0 aliphatic rings. The molecule has 0 aliphatic heterocycles. The topological polar surface area (TPSA) is 52.6 Å². The van der Waals surface area contributed by atoms with Crippen molar-refractivity contribution in [3.05, 3.63) is 0 Å². The molecule has 4 nitrogen and oxygen atoms in total. The van der Waals surface area contributed by atoms with E-state index in [1.807, 2.05) is 0 Å². The van der Waals surface area contributed by atoms with Crippen molar-refractivity contribution in [1.29, 1.82) is 0 Å². The van der Waals surface area contributed by atoms with Gasteiger partial charge in [-0.25, -0.2) is 0 Å². The van der Waals surface area contributed by atoms with Gasteiger partial charge in [0.2, 0.25) is 0 Å². The molecule has 0 aliphatic carbocycles. The zero-order chi connectivity index (χ0) is 18.4. The lowest BCUT2D eigenvalue weighted by atomic mass is 9.96. The maximum atomic E-state index is 11.9. The Hall–Kier alpha value is -1.06. The SMILES string of the molecule is CCCCCCCOC(=O)CCCCC(=O)OC(C(C)C)C(C)C. The second-order valence-corrected chi connectivity index (χ2v) is 7.28. The molecule has 24 heavy (non-hydrogen) atoms. The Morgan fingerprint density at radius 3 is 1.83 bits per heavy atom. The van der Waals surface area contributed by atoms with Crippen molar-refractivity contribution in [3.63, 3.8) is 0 Å². The highest BCUT2D eigenvalue weighted by atomic mass is 16.5. The van der Waals surface area contributed by atoms with E-state index in [1.165, 1.54) is 19.3 Å². The second-order valence-electron chi connectivity index (χ2n) is 7.28. The molecule has 0 saturated heterocycles. The number of esters is 2. The minimum atomic E-state index is -0.160. The first kappa shape index (κ1) is 22.9. The summed E-state index contributed by atoms with van der Waals surface area (Å²) in [6.45, 7) is 11.0. The van der Waals surface area contributed by atoms with Gasteiger partial charge in [0.15, 0.2) is 0 Å². The molecule has 0 amide bonds. The van der Waals surface area contributed by atoms with Crippen LogP contribution in [0.3, 0.4) is 0 Å². The molecule has 142 valence electrons. The Balaban J connectivity index is 3.66. The Bertz CT molecular complexity index is 329. The predicted octanol–water partition coefficient (Wildman–Crippen LogP) is 5.28. The van der Waals surface area contributed by atoms with Gasteiger partial charge in [0.05, 0.1) is 6.61 Å². The molecule has 0 saturated carbocycles. The van der Waals surface area contributed by atoms with Crippen LogP contribution in [-0.2, 0) is 19.1 Å². The Labute approximate surface area is 148 Å². The molecule has 0 spiro atoms. The van der Waals surface area contributed by atoms with Gasteiger partial charge in [-0.2, -0.15) is 0 Å². The van der Waals surface area contributed by atoms with Crippen LogP contribution in [0, 0.1) is 11.8 Å². The highest BCUT2D eigenvalue weighted by Gasteiger charge is 2.21. The third-order valence-electron chi connectivity index (χ3n) is 4.10. The number of unbranched alkanes of at least 4 members (excludes halogenated alkanes) is 5. The zero-order valence-electron chi connectivity index (χ0n) is 16.4. The molecule has 0 unspecified atom stereocenters. The van der Waals surface area contributed by atoms with Crippen molar-refractivity contribution in [2.45, 2.75) is 98.5 Å². The van der Waals surface area contributed by atoms with Crippen molar-refractivity contribution >= 4 is 11.9 Å². The standard InChI is InChI=1S/C20H38O4/c1-6-7-8-9-12-15-23-18(21)13-10-11-14-19(22)24-20(16(2)3)17(4)5/h16-17,20H,6-15H2,1-5H3. The molecule has 0 aromatic carbocycles. The van der Waals surface area contributed by atoms with Gasteiger partial charge in [-0.1, -0.05) is 60.3 Å². The van der Waals surface area contributed by atoms with E-state index < -0.39 is 0 Å². The lowest BCUT2D eigenvalue weighted by Gasteiger charge is -2.24. The largest absolute Gasteiger partial charge is 0.466 e. The predicted molar refractivity (Wildman–Crippen MR) is 97.7 cm³/mol. The number of rotatable bonds is 14. The first-order valence-corrected chi connectivity index (χ1v) is 9.73. The summed E-state index contributed by atoms with van der Waals surface area (Å²) in [5.41, 5.74) is 0. The van der Waals surface area contributed by atoms with E-state index in [4.69, 9.17) is 9.47 Å². The molecule has 0 atom stereocenters. The van der Waals surface area contributed by atoms with E-state index in [0.717, 1.165) is 12.8 Å². The van der Waals surface area contributed by atoms with Gasteiger partial charge >= 0.3 is 11.9 Å². The van der Waals surface area contributed by atoms with Gasteiger partial charge in [-0.3, -0.25) is 9.59 Å². The monoisotopic (exact) mass is 342 g/mol. The van der Waals surface area contributed by atoms with E-state index in [0.29, 0.717) is 44.1 Å². The molecule has 0 aromatic heterocycles. The molecule has 0 bridgehead atoms. The Morgan fingerprint density at radius 2 is 1.29 bits per heavy atom. The second kappa shape index (κ2) is 14.3. The van der Waals surface area contributed by atoms with E-state index in [9.17, 15) is 9.59 Å². The molecular formula is C20H38O4. The lowest BCUT2D eigenvalue weighted by molar-refractivity contribution is -0.154. The van der Waals surface area contributed by atoms with Gasteiger partial charge in [0.1, 0.15) is 6.10 Å². The fraction of sp³-hybridized carbons (Fsp3) is 0.900. The van der Waals surface area contributed by atoms with Crippen molar-refractivity contribution in [2.24, 2.45) is 11.8 Å². The quantitative estimate of drug-likeness (QED) is 0.318. The smallest absolute Gasteiger partial charge is 0.306 e. The zero-order valence-corrected chi connectivity index (χ0v) is 16.4. The molecular weight excluding hydrogens is 304 g/mol. The summed E-state index contributed by atoms with van der Waals surface area (Å²) in [5, 5.41) is 0. The lowest BCUT2D eigenvalue weighted by Crippen LogP contribution is -2.28. The van der Waals surface area contributed by atoms with Crippen molar-refractivity contribution < 1.29 is 19.1 Å². The minimum absolute atomic E-state index is 0.0322. The van der Waals surface area contributed by atoms with Crippen LogP contribution in [0.2, 0.25) is 0 Å². The van der Waals surface area contributed by atoms with Gasteiger partial charge in [-0.05, 0) is 31.1 Å². The van der Waals surface area contributed by atoms with E-state index >= 15 is 0 Å². The summed E-state index contributed by atoms with van der Waals surface area (Å²) < 4.78 is 10.7.